The quantitative estimate of drug-likeness (QED) is 0.604. The number of anilines is 1. The van der Waals surface area contributed by atoms with Gasteiger partial charge in [-0.05, 0) is 36.5 Å². The van der Waals surface area contributed by atoms with E-state index in [-0.39, 0.29) is 6.04 Å². The molecule has 0 heterocycles. The summed E-state index contributed by atoms with van der Waals surface area (Å²) in [6, 6.07) is 5.36. The van der Waals surface area contributed by atoms with Crippen molar-refractivity contribution in [3.63, 3.8) is 0 Å². The molecule has 1 aromatic rings. The van der Waals surface area contributed by atoms with Crippen molar-refractivity contribution in [3.8, 4) is 0 Å². The molecule has 1 atom stereocenters. The number of carbonyl (C=O) groups is 1. The summed E-state index contributed by atoms with van der Waals surface area (Å²) < 4.78 is 0. The highest BCUT2D eigenvalue weighted by Crippen LogP contribution is 2.32. The number of primary amides is 1. The predicted octanol–water partition coefficient (Wildman–Crippen LogP) is 1.31. The van der Waals surface area contributed by atoms with Crippen molar-refractivity contribution in [2.24, 2.45) is 5.73 Å². The van der Waals surface area contributed by atoms with E-state index in [1.807, 2.05) is 18.2 Å². The van der Waals surface area contributed by atoms with Crippen LogP contribution >= 0.6 is 0 Å². The zero-order chi connectivity index (χ0) is 10.8. The molecule has 1 unspecified atom stereocenters. The lowest BCUT2D eigenvalue weighted by Crippen LogP contribution is -2.35. The van der Waals surface area contributed by atoms with Gasteiger partial charge in [-0.2, -0.15) is 0 Å². The molecule has 0 fully saturated rings. The van der Waals surface area contributed by atoms with Gasteiger partial charge in [0.1, 0.15) is 0 Å². The Balaban J connectivity index is 2.34. The molecule has 4 nitrogen and oxygen atoms in total. The van der Waals surface area contributed by atoms with Gasteiger partial charge in [0.2, 0.25) is 0 Å². The molecule has 5 N–H and O–H groups in total. The maximum Gasteiger partial charge on any atom is 0.312 e. The van der Waals surface area contributed by atoms with Gasteiger partial charge < -0.3 is 16.8 Å². The lowest BCUT2D eigenvalue weighted by atomic mass is 9.87. The highest BCUT2D eigenvalue weighted by atomic mass is 16.2. The van der Waals surface area contributed by atoms with Gasteiger partial charge in [0, 0.05) is 5.69 Å². The molecule has 0 aromatic heterocycles. The highest BCUT2D eigenvalue weighted by molar-refractivity contribution is 5.72. The minimum atomic E-state index is -0.477. The van der Waals surface area contributed by atoms with E-state index in [4.69, 9.17) is 11.5 Å². The number of nitrogen functional groups attached to an aromatic ring is 1. The monoisotopic (exact) mass is 205 g/mol. The Morgan fingerprint density at radius 1 is 1.47 bits per heavy atom. The summed E-state index contributed by atoms with van der Waals surface area (Å²) in [5, 5.41) is 2.75. The van der Waals surface area contributed by atoms with Crippen molar-refractivity contribution in [3.05, 3.63) is 29.3 Å². The Hall–Kier alpha value is -1.71. The van der Waals surface area contributed by atoms with E-state index in [1.54, 1.807) is 0 Å². The molecular formula is C11H15N3O. The normalized spacial score (nSPS) is 19.3. The van der Waals surface area contributed by atoms with Crippen LogP contribution in [-0.2, 0) is 6.42 Å². The molecule has 0 saturated heterocycles. The third-order valence-corrected chi connectivity index (χ3v) is 2.86. The molecule has 1 aliphatic carbocycles. The van der Waals surface area contributed by atoms with Crippen LogP contribution in [0.25, 0.3) is 0 Å². The molecule has 15 heavy (non-hydrogen) atoms. The van der Waals surface area contributed by atoms with E-state index < -0.39 is 6.03 Å². The number of nitrogens with two attached hydrogens (primary N) is 2. The minimum Gasteiger partial charge on any atom is -0.398 e. The van der Waals surface area contributed by atoms with Gasteiger partial charge in [-0.25, -0.2) is 4.79 Å². The molecule has 1 aromatic carbocycles. The third kappa shape index (κ3) is 1.88. The molecule has 4 heteroatoms. The van der Waals surface area contributed by atoms with E-state index in [2.05, 4.69) is 5.32 Å². The highest BCUT2D eigenvalue weighted by Gasteiger charge is 2.21. The van der Waals surface area contributed by atoms with Crippen molar-refractivity contribution < 1.29 is 4.79 Å². The number of carbonyl (C=O) groups excluding carboxylic acids is 1. The van der Waals surface area contributed by atoms with Gasteiger partial charge in [0.25, 0.3) is 0 Å². The summed E-state index contributed by atoms with van der Waals surface area (Å²) in [4.78, 5) is 10.8. The Kier molecular flexibility index (Phi) is 2.49. The van der Waals surface area contributed by atoms with E-state index in [1.165, 1.54) is 0 Å². The van der Waals surface area contributed by atoms with Crippen molar-refractivity contribution in [1.82, 2.24) is 5.32 Å². The molecule has 0 radical (unpaired) electrons. The standard InChI is InChI=1S/C11H15N3O/c12-9-5-1-4-8-7(9)3-2-6-10(8)14-11(13)15/h1,4-5,10H,2-3,6,12H2,(H3,13,14,15). The molecule has 0 bridgehead atoms. The third-order valence-electron chi connectivity index (χ3n) is 2.86. The van der Waals surface area contributed by atoms with Gasteiger partial charge in [-0.1, -0.05) is 12.1 Å². The molecule has 2 rings (SSSR count). The number of nitrogens with one attached hydrogen (secondary N) is 1. The lowest BCUT2D eigenvalue weighted by molar-refractivity contribution is 0.244. The van der Waals surface area contributed by atoms with Crippen molar-refractivity contribution in [2.75, 3.05) is 5.73 Å². The second-order valence-electron chi connectivity index (χ2n) is 3.87. The number of hydrogen-bond donors (Lipinski definition) is 3. The van der Waals surface area contributed by atoms with Crippen LogP contribution in [0.3, 0.4) is 0 Å². The van der Waals surface area contributed by atoms with Gasteiger partial charge in [-0.15, -0.1) is 0 Å². The van der Waals surface area contributed by atoms with Crippen LogP contribution in [0.15, 0.2) is 18.2 Å². The fourth-order valence-electron chi connectivity index (χ4n) is 2.20. The molecular weight excluding hydrogens is 190 g/mol. The Bertz CT molecular complexity index is 389. The van der Waals surface area contributed by atoms with Crippen LogP contribution in [0.2, 0.25) is 0 Å². The number of hydrogen-bond acceptors (Lipinski definition) is 2. The average Bonchev–Trinajstić information content (AvgIpc) is 2.19. The van der Waals surface area contributed by atoms with Crippen molar-refractivity contribution in [2.45, 2.75) is 25.3 Å². The van der Waals surface area contributed by atoms with Crippen LogP contribution in [0.5, 0.6) is 0 Å². The van der Waals surface area contributed by atoms with E-state index in [0.29, 0.717) is 0 Å². The minimum absolute atomic E-state index is 0.0229. The first-order valence-electron chi connectivity index (χ1n) is 5.11. The summed E-state index contributed by atoms with van der Waals surface area (Å²) >= 11 is 0. The Morgan fingerprint density at radius 3 is 3.00 bits per heavy atom. The van der Waals surface area contributed by atoms with Gasteiger partial charge >= 0.3 is 6.03 Å². The van der Waals surface area contributed by atoms with Crippen LogP contribution in [-0.4, -0.2) is 6.03 Å². The molecule has 2 amide bonds. The fourth-order valence-corrected chi connectivity index (χ4v) is 2.20. The second kappa shape index (κ2) is 3.81. The fraction of sp³-hybridized carbons (Fsp3) is 0.364. The maximum atomic E-state index is 10.8. The van der Waals surface area contributed by atoms with Gasteiger partial charge in [0.05, 0.1) is 6.04 Å². The first-order chi connectivity index (χ1) is 7.18. The average molecular weight is 205 g/mol. The number of amides is 2. The van der Waals surface area contributed by atoms with Crippen molar-refractivity contribution >= 4 is 11.7 Å². The largest absolute Gasteiger partial charge is 0.398 e. The maximum absolute atomic E-state index is 10.8. The van der Waals surface area contributed by atoms with Crippen molar-refractivity contribution in [1.29, 1.82) is 0 Å². The molecule has 0 saturated carbocycles. The van der Waals surface area contributed by atoms with Crippen LogP contribution < -0.4 is 16.8 Å². The summed E-state index contributed by atoms with van der Waals surface area (Å²) in [6.45, 7) is 0. The Morgan fingerprint density at radius 2 is 2.27 bits per heavy atom. The lowest BCUT2D eigenvalue weighted by Gasteiger charge is -2.26. The SMILES string of the molecule is NC(=O)NC1CCCc2c(N)cccc21. The van der Waals surface area contributed by atoms with Gasteiger partial charge in [0.15, 0.2) is 0 Å². The van der Waals surface area contributed by atoms with Crippen LogP contribution in [0.4, 0.5) is 10.5 Å². The van der Waals surface area contributed by atoms with Crippen LogP contribution in [0, 0.1) is 0 Å². The first kappa shape index (κ1) is 9.83. The Labute approximate surface area is 88.6 Å². The molecule has 0 spiro atoms. The zero-order valence-corrected chi connectivity index (χ0v) is 8.49. The topological polar surface area (TPSA) is 81.1 Å². The van der Waals surface area contributed by atoms with E-state index in [0.717, 1.165) is 36.1 Å². The zero-order valence-electron chi connectivity index (χ0n) is 8.49. The number of urea groups is 1. The van der Waals surface area contributed by atoms with E-state index in [9.17, 15) is 4.79 Å². The van der Waals surface area contributed by atoms with E-state index >= 15 is 0 Å². The number of benzene rings is 1. The number of fused-ring (bicyclic) bond motifs is 1. The smallest absolute Gasteiger partial charge is 0.312 e. The summed E-state index contributed by atoms with van der Waals surface area (Å²) in [5.74, 6) is 0. The van der Waals surface area contributed by atoms with Crippen LogP contribution in [0.1, 0.15) is 30.0 Å². The second-order valence-corrected chi connectivity index (χ2v) is 3.87. The first-order valence-corrected chi connectivity index (χ1v) is 5.11. The molecule has 80 valence electrons. The molecule has 0 aliphatic heterocycles. The summed E-state index contributed by atoms with van der Waals surface area (Å²) in [6.07, 6.45) is 2.95. The summed E-state index contributed by atoms with van der Waals surface area (Å²) in [7, 11) is 0. The van der Waals surface area contributed by atoms with Gasteiger partial charge in [-0.3, -0.25) is 0 Å². The molecule has 1 aliphatic rings. The predicted molar refractivity (Wildman–Crippen MR) is 59.3 cm³/mol. The summed E-state index contributed by atoms with van der Waals surface area (Å²) in [5.41, 5.74) is 14.1. The number of rotatable bonds is 1.